The molecule has 0 aromatic rings. The molecule has 0 aromatic heterocycles. The SMILES string of the molecule is CC(C)(N)C(C)(C)C(=O)OCCC1CC1. The summed E-state index contributed by atoms with van der Waals surface area (Å²) in [6.45, 7) is 7.94. The van der Waals surface area contributed by atoms with Gasteiger partial charge >= 0.3 is 5.97 Å². The maximum atomic E-state index is 11.8. The summed E-state index contributed by atoms with van der Waals surface area (Å²) in [5.74, 6) is 0.613. The van der Waals surface area contributed by atoms with Gasteiger partial charge in [0.25, 0.3) is 0 Å². The summed E-state index contributed by atoms with van der Waals surface area (Å²) < 4.78 is 5.27. The fourth-order valence-electron chi connectivity index (χ4n) is 1.17. The second-order valence-corrected chi connectivity index (χ2v) is 5.71. The summed E-state index contributed by atoms with van der Waals surface area (Å²) in [4.78, 5) is 11.8. The standard InChI is InChI=1S/C12H23NO2/c1-11(2,12(3,4)13)10(14)15-8-7-9-5-6-9/h9H,5-8,13H2,1-4H3. The predicted octanol–water partition coefficient (Wildman–Crippen LogP) is 2.09. The van der Waals surface area contributed by atoms with Crippen molar-refractivity contribution >= 4 is 5.97 Å². The Labute approximate surface area is 92.4 Å². The van der Waals surface area contributed by atoms with Crippen LogP contribution in [0.5, 0.6) is 0 Å². The normalized spacial score (nSPS) is 17.7. The zero-order valence-corrected chi connectivity index (χ0v) is 10.3. The van der Waals surface area contributed by atoms with Gasteiger partial charge in [-0.3, -0.25) is 4.79 Å². The smallest absolute Gasteiger partial charge is 0.313 e. The van der Waals surface area contributed by atoms with Crippen LogP contribution in [0.1, 0.15) is 47.0 Å². The molecule has 1 saturated carbocycles. The third-order valence-electron chi connectivity index (χ3n) is 3.58. The molecular weight excluding hydrogens is 190 g/mol. The fraction of sp³-hybridized carbons (Fsp3) is 0.917. The Hall–Kier alpha value is -0.570. The Morgan fingerprint density at radius 3 is 2.27 bits per heavy atom. The van der Waals surface area contributed by atoms with Crippen LogP contribution in [0, 0.1) is 11.3 Å². The van der Waals surface area contributed by atoms with Crippen molar-refractivity contribution in [2.45, 2.75) is 52.5 Å². The van der Waals surface area contributed by atoms with Gasteiger partial charge in [0.1, 0.15) is 0 Å². The van der Waals surface area contributed by atoms with E-state index >= 15 is 0 Å². The molecular formula is C12H23NO2. The molecule has 2 N–H and O–H groups in total. The van der Waals surface area contributed by atoms with Gasteiger partial charge in [0, 0.05) is 5.54 Å². The molecule has 15 heavy (non-hydrogen) atoms. The molecule has 0 aromatic carbocycles. The second kappa shape index (κ2) is 4.12. The van der Waals surface area contributed by atoms with E-state index in [9.17, 15) is 4.79 Å². The average molecular weight is 213 g/mol. The molecule has 0 aliphatic heterocycles. The first-order valence-electron chi connectivity index (χ1n) is 5.71. The molecule has 88 valence electrons. The molecule has 0 spiro atoms. The van der Waals surface area contributed by atoms with Crippen molar-refractivity contribution in [2.24, 2.45) is 17.1 Å². The van der Waals surface area contributed by atoms with Gasteiger partial charge in [-0.25, -0.2) is 0 Å². The van der Waals surface area contributed by atoms with Crippen LogP contribution in [-0.2, 0) is 9.53 Å². The lowest BCUT2D eigenvalue weighted by molar-refractivity contribution is -0.157. The first-order chi connectivity index (χ1) is 6.75. The number of esters is 1. The summed E-state index contributed by atoms with van der Waals surface area (Å²) in [5, 5.41) is 0. The van der Waals surface area contributed by atoms with E-state index in [0.717, 1.165) is 12.3 Å². The van der Waals surface area contributed by atoms with Gasteiger partial charge in [0.2, 0.25) is 0 Å². The number of nitrogens with two attached hydrogens (primary N) is 1. The van der Waals surface area contributed by atoms with Gasteiger partial charge in [-0.1, -0.05) is 12.8 Å². The first-order valence-corrected chi connectivity index (χ1v) is 5.71. The van der Waals surface area contributed by atoms with E-state index in [2.05, 4.69) is 0 Å². The molecule has 0 amide bonds. The van der Waals surface area contributed by atoms with E-state index in [1.54, 1.807) is 0 Å². The summed E-state index contributed by atoms with van der Waals surface area (Å²) in [6.07, 6.45) is 3.60. The lowest BCUT2D eigenvalue weighted by atomic mass is 9.75. The second-order valence-electron chi connectivity index (χ2n) is 5.71. The van der Waals surface area contributed by atoms with Crippen LogP contribution in [-0.4, -0.2) is 18.1 Å². The molecule has 0 atom stereocenters. The maximum absolute atomic E-state index is 11.8. The van der Waals surface area contributed by atoms with Crippen LogP contribution in [0.3, 0.4) is 0 Å². The average Bonchev–Trinajstić information content (AvgIpc) is 2.85. The van der Waals surface area contributed by atoms with Crippen molar-refractivity contribution in [2.75, 3.05) is 6.61 Å². The van der Waals surface area contributed by atoms with Gasteiger partial charge in [0.15, 0.2) is 0 Å². The molecule has 3 nitrogen and oxygen atoms in total. The van der Waals surface area contributed by atoms with Gasteiger partial charge in [-0.15, -0.1) is 0 Å². The van der Waals surface area contributed by atoms with Crippen LogP contribution in [0.2, 0.25) is 0 Å². The molecule has 0 unspecified atom stereocenters. The molecule has 1 rings (SSSR count). The Bertz CT molecular complexity index is 236. The van der Waals surface area contributed by atoms with E-state index in [1.165, 1.54) is 12.8 Å². The number of carbonyl (C=O) groups excluding carboxylic acids is 1. The summed E-state index contributed by atoms with van der Waals surface area (Å²) in [6, 6.07) is 0. The van der Waals surface area contributed by atoms with Crippen molar-refractivity contribution in [3.8, 4) is 0 Å². The van der Waals surface area contributed by atoms with Crippen molar-refractivity contribution < 1.29 is 9.53 Å². The molecule has 0 bridgehead atoms. The summed E-state index contributed by atoms with van der Waals surface area (Å²) >= 11 is 0. The third-order valence-corrected chi connectivity index (χ3v) is 3.58. The number of carbonyl (C=O) groups is 1. The van der Waals surface area contributed by atoms with Crippen LogP contribution < -0.4 is 5.73 Å². The molecule has 1 aliphatic carbocycles. The van der Waals surface area contributed by atoms with Gasteiger partial charge in [0.05, 0.1) is 12.0 Å². The van der Waals surface area contributed by atoms with E-state index in [-0.39, 0.29) is 5.97 Å². The fourth-order valence-corrected chi connectivity index (χ4v) is 1.17. The third kappa shape index (κ3) is 3.20. The summed E-state index contributed by atoms with van der Waals surface area (Å²) in [5.41, 5.74) is 4.78. The monoisotopic (exact) mass is 213 g/mol. The highest BCUT2D eigenvalue weighted by molar-refractivity contribution is 5.77. The Kier molecular flexibility index (Phi) is 3.44. The van der Waals surface area contributed by atoms with E-state index < -0.39 is 11.0 Å². The quantitative estimate of drug-likeness (QED) is 0.711. The van der Waals surface area contributed by atoms with Gasteiger partial charge in [-0.05, 0) is 40.0 Å². The number of hydrogen-bond donors (Lipinski definition) is 1. The lowest BCUT2D eigenvalue weighted by Gasteiger charge is -2.35. The van der Waals surface area contributed by atoms with Gasteiger partial charge < -0.3 is 10.5 Å². The Morgan fingerprint density at radius 2 is 1.87 bits per heavy atom. The maximum Gasteiger partial charge on any atom is 0.313 e. The van der Waals surface area contributed by atoms with E-state index in [1.807, 2.05) is 27.7 Å². The Morgan fingerprint density at radius 1 is 1.33 bits per heavy atom. The van der Waals surface area contributed by atoms with E-state index in [0.29, 0.717) is 6.61 Å². The predicted molar refractivity (Wildman–Crippen MR) is 60.3 cm³/mol. The van der Waals surface area contributed by atoms with E-state index in [4.69, 9.17) is 10.5 Å². The van der Waals surface area contributed by atoms with Gasteiger partial charge in [-0.2, -0.15) is 0 Å². The molecule has 0 heterocycles. The molecule has 3 heteroatoms. The number of hydrogen-bond acceptors (Lipinski definition) is 3. The molecule has 1 fully saturated rings. The Balaban J connectivity index is 2.36. The van der Waals surface area contributed by atoms with Crippen LogP contribution in [0.4, 0.5) is 0 Å². The molecule has 1 aliphatic rings. The summed E-state index contributed by atoms with van der Waals surface area (Å²) in [7, 11) is 0. The zero-order chi connectivity index (χ0) is 11.7. The van der Waals surface area contributed by atoms with Crippen molar-refractivity contribution in [1.82, 2.24) is 0 Å². The highest BCUT2D eigenvalue weighted by atomic mass is 16.5. The highest BCUT2D eigenvalue weighted by Gasteiger charge is 2.41. The largest absolute Gasteiger partial charge is 0.465 e. The minimum atomic E-state index is -0.628. The van der Waals surface area contributed by atoms with Crippen molar-refractivity contribution in [3.63, 3.8) is 0 Å². The lowest BCUT2D eigenvalue weighted by Crippen LogP contribution is -2.52. The van der Waals surface area contributed by atoms with Crippen molar-refractivity contribution in [3.05, 3.63) is 0 Å². The topological polar surface area (TPSA) is 52.3 Å². The minimum absolute atomic E-state index is 0.185. The van der Waals surface area contributed by atoms with Crippen molar-refractivity contribution in [1.29, 1.82) is 0 Å². The molecule has 0 radical (unpaired) electrons. The van der Waals surface area contributed by atoms with Crippen LogP contribution in [0.15, 0.2) is 0 Å². The highest BCUT2D eigenvalue weighted by Crippen LogP contribution is 2.33. The number of rotatable bonds is 5. The minimum Gasteiger partial charge on any atom is -0.465 e. The first kappa shape index (κ1) is 12.5. The number of ether oxygens (including phenoxy) is 1. The van der Waals surface area contributed by atoms with Crippen LogP contribution >= 0.6 is 0 Å². The van der Waals surface area contributed by atoms with Crippen LogP contribution in [0.25, 0.3) is 0 Å². The zero-order valence-electron chi connectivity index (χ0n) is 10.3. The molecule has 0 saturated heterocycles.